The van der Waals surface area contributed by atoms with Crippen molar-refractivity contribution in [3.05, 3.63) is 65.9 Å². The van der Waals surface area contributed by atoms with Gasteiger partial charge in [0.15, 0.2) is 0 Å². The summed E-state index contributed by atoms with van der Waals surface area (Å²) in [5.74, 6) is 1.67. The van der Waals surface area contributed by atoms with Crippen LogP contribution >= 0.6 is 0 Å². The molecule has 136 valence electrons. The molecule has 1 amide bonds. The van der Waals surface area contributed by atoms with Crippen molar-refractivity contribution >= 4 is 22.8 Å². The first kappa shape index (κ1) is 16.8. The average molecular weight is 361 g/mol. The van der Waals surface area contributed by atoms with Crippen molar-refractivity contribution in [3.63, 3.8) is 0 Å². The molecule has 0 unspecified atom stereocenters. The van der Waals surface area contributed by atoms with Crippen LogP contribution in [-0.2, 0) is 7.05 Å². The fourth-order valence-corrected chi connectivity index (χ4v) is 2.99. The standard InChI is InChI=1S/C20H19N5O2/c1-13-12-18(22-19(26)14-8-10-15(27-3)11-9-14)25(23-13)20-21-16-6-4-5-7-17(16)24(20)2/h4-12H,1-3H3,(H,22,26). The van der Waals surface area contributed by atoms with Crippen LogP contribution in [0, 0.1) is 6.92 Å². The number of carbonyl (C=O) groups is 1. The molecule has 2 aromatic carbocycles. The van der Waals surface area contributed by atoms with E-state index in [1.54, 1.807) is 36.1 Å². The van der Waals surface area contributed by atoms with E-state index in [1.165, 1.54) is 0 Å². The Morgan fingerprint density at radius 3 is 2.56 bits per heavy atom. The number of hydrogen-bond donors (Lipinski definition) is 1. The molecular weight excluding hydrogens is 342 g/mol. The minimum absolute atomic E-state index is 0.224. The molecule has 7 nitrogen and oxygen atoms in total. The average Bonchev–Trinajstić information content (AvgIpc) is 3.21. The zero-order chi connectivity index (χ0) is 19.0. The lowest BCUT2D eigenvalue weighted by Crippen LogP contribution is -2.16. The number of aryl methyl sites for hydroxylation is 2. The number of imidazole rings is 1. The first-order chi connectivity index (χ1) is 13.1. The molecule has 1 N–H and O–H groups in total. The van der Waals surface area contributed by atoms with Crippen LogP contribution in [-0.4, -0.2) is 32.3 Å². The quantitative estimate of drug-likeness (QED) is 0.605. The molecule has 4 aromatic rings. The van der Waals surface area contributed by atoms with Crippen molar-refractivity contribution in [2.45, 2.75) is 6.92 Å². The molecular formula is C20H19N5O2. The zero-order valence-electron chi connectivity index (χ0n) is 15.3. The van der Waals surface area contributed by atoms with Gasteiger partial charge in [-0.2, -0.15) is 9.78 Å². The fraction of sp³-hybridized carbons (Fsp3) is 0.150. The van der Waals surface area contributed by atoms with Crippen LogP contribution in [0.1, 0.15) is 16.1 Å². The molecule has 27 heavy (non-hydrogen) atoms. The van der Waals surface area contributed by atoms with Crippen LogP contribution in [0.3, 0.4) is 0 Å². The summed E-state index contributed by atoms with van der Waals surface area (Å²) < 4.78 is 8.73. The van der Waals surface area contributed by atoms with Crippen molar-refractivity contribution in [3.8, 4) is 11.7 Å². The highest BCUT2D eigenvalue weighted by Gasteiger charge is 2.17. The lowest BCUT2D eigenvalue weighted by atomic mass is 10.2. The van der Waals surface area contributed by atoms with Gasteiger partial charge in [0.25, 0.3) is 5.91 Å². The predicted molar refractivity (Wildman–Crippen MR) is 104 cm³/mol. The van der Waals surface area contributed by atoms with Crippen molar-refractivity contribution in [1.82, 2.24) is 19.3 Å². The van der Waals surface area contributed by atoms with Crippen molar-refractivity contribution in [2.75, 3.05) is 12.4 Å². The number of hydrogen-bond acceptors (Lipinski definition) is 4. The number of aromatic nitrogens is 4. The van der Waals surface area contributed by atoms with E-state index in [0.717, 1.165) is 16.7 Å². The van der Waals surface area contributed by atoms with Gasteiger partial charge in [-0.25, -0.2) is 4.98 Å². The molecule has 4 rings (SSSR count). The van der Waals surface area contributed by atoms with E-state index >= 15 is 0 Å². The molecule has 0 aliphatic carbocycles. The molecule has 0 saturated carbocycles. The molecule has 0 atom stereocenters. The van der Waals surface area contributed by atoms with Crippen molar-refractivity contribution < 1.29 is 9.53 Å². The molecule has 2 aromatic heterocycles. The highest BCUT2D eigenvalue weighted by molar-refractivity contribution is 6.04. The Morgan fingerprint density at radius 1 is 1.11 bits per heavy atom. The van der Waals surface area contributed by atoms with Crippen LogP contribution in [0.5, 0.6) is 5.75 Å². The number of carbonyl (C=O) groups excluding carboxylic acids is 1. The normalized spacial score (nSPS) is 10.9. The van der Waals surface area contributed by atoms with Crippen LogP contribution in [0.4, 0.5) is 5.82 Å². The number of ether oxygens (including phenoxy) is 1. The first-order valence-corrected chi connectivity index (χ1v) is 8.51. The summed E-state index contributed by atoms with van der Waals surface area (Å²) in [6.45, 7) is 1.88. The second kappa shape index (κ2) is 6.60. The Balaban J connectivity index is 1.70. The third-order valence-corrected chi connectivity index (χ3v) is 4.38. The maximum Gasteiger partial charge on any atom is 0.256 e. The van der Waals surface area contributed by atoms with Gasteiger partial charge < -0.3 is 14.6 Å². The Hall–Kier alpha value is -3.61. The minimum atomic E-state index is -0.224. The Bertz CT molecular complexity index is 1130. The van der Waals surface area contributed by atoms with Gasteiger partial charge in [-0.15, -0.1) is 0 Å². The fourth-order valence-electron chi connectivity index (χ4n) is 2.99. The van der Waals surface area contributed by atoms with E-state index in [9.17, 15) is 4.79 Å². The molecule has 2 heterocycles. The second-order valence-electron chi connectivity index (χ2n) is 6.22. The van der Waals surface area contributed by atoms with Crippen molar-refractivity contribution in [1.29, 1.82) is 0 Å². The molecule has 0 radical (unpaired) electrons. The number of methoxy groups -OCH3 is 1. The van der Waals surface area contributed by atoms with Crippen LogP contribution in [0.25, 0.3) is 17.0 Å². The molecule has 0 spiro atoms. The topological polar surface area (TPSA) is 74.0 Å². The Labute approximate surface area is 156 Å². The highest BCUT2D eigenvalue weighted by atomic mass is 16.5. The third-order valence-electron chi connectivity index (χ3n) is 4.38. The predicted octanol–water partition coefficient (Wildman–Crippen LogP) is 3.33. The molecule has 0 saturated heterocycles. The summed E-state index contributed by atoms with van der Waals surface area (Å²) in [5.41, 5.74) is 3.18. The summed E-state index contributed by atoms with van der Waals surface area (Å²) in [7, 11) is 3.52. The van der Waals surface area contributed by atoms with Gasteiger partial charge in [0.05, 0.1) is 23.8 Å². The van der Waals surface area contributed by atoms with Gasteiger partial charge in [0, 0.05) is 18.7 Å². The van der Waals surface area contributed by atoms with Crippen molar-refractivity contribution in [2.24, 2.45) is 7.05 Å². The minimum Gasteiger partial charge on any atom is -0.497 e. The van der Waals surface area contributed by atoms with Gasteiger partial charge in [0.2, 0.25) is 5.95 Å². The van der Waals surface area contributed by atoms with E-state index in [2.05, 4.69) is 15.4 Å². The monoisotopic (exact) mass is 361 g/mol. The molecule has 0 bridgehead atoms. The third kappa shape index (κ3) is 3.03. The SMILES string of the molecule is COc1ccc(C(=O)Nc2cc(C)nn2-c2nc3ccccc3n2C)cc1. The number of nitrogens with zero attached hydrogens (tertiary/aromatic N) is 4. The smallest absolute Gasteiger partial charge is 0.256 e. The maximum absolute atomic E-state index is 12.6. The molecule has 0 aliphatic heterocycles. The number of benzene rings is 2. The van der Waals surface area contributed by atoms with E-state index in [4.69, 9.17) is 4.74 Å². The number of rotatable bonds is 4. The number of para-hydroxylation sites is 2. The lowest BCUT2D eigenvalue weighted by Gasteiger charge is -2.09. The van der Waals surface area contributed by atoms with Gasteiger partial charge in [0.1, 0.15) is 11.6 Å². The van der Waals surface area contributed by atoms with Crippen LogP contribution < -0.4 is 10.1 Å². The number of nitrogens with one attached hydrogen (secondary N) is 1. The highest BCUT2D eigenvalue weighted by Crippen LogP contribution is 2.22. The zero-order valence-corrected chi connectivity index (χ0v) is 15.3. The van der Waals surface area contributed by atoms with Crippen LogP contribution in [0.2, 0.25) is 0 Å². The summed E-state index contributed by atoms with van der Waals surface area (Å²) in [4.78, 5) is 17.3. The van der Waals surface area contributed by atoms with E-state index in [1.807, 2.05) is 48.9 Å². The van der Waals surface area contributed by atoms with Gasteiger partial charge in [-0.3, -0.25) is 4.79 Å². The Kier molecular flexibility index (Phi) is 4.12. The summed E-state index contributed by atoms with van der Waals surface area (Å²) in [5, 5.41) is 7.43. The second-order valence-corrected chi connectivity index (χ2v) is 6.22. The summed E-state index contributed by atoms with van der Waals surface area (Å²) in [6, 6.07) is 16.6. The molecule has 0 fully saturated rings. The lowest BCUT2D eigenvalue weighted by molar-refractivity contribution is 0.102. The van der Waals surface area contributed by atoms with Gasteiger partial charge >= 0.3 is 0 Å². The van der Waals surface area contributed by atoms with Crippen LogP contribution in [0.15, 0.2) is 54.6 Å². The van der Waals surface area contributed by atoms with Gasteiger partial charge in [-0.1, -0.05) is 12.1 Å². The van der Waals surface area contributed by atoms with E-state index in [-0.39, 0.29) is 5.91 Å². The summed E-state index contributed by atoms with van der Waals surface area (Å²) >= 11 is 0. The maximum atomic E-state index is 12.6. The van der Waals surface area contributed by atoms with E-state index < -0.39 is 0 Å². The first-order valence-electron chi connectivity index (χ1n) is 8.51. The Morgan fingerprint density at radius 2 is 1.85 bits per heavy atom. The summed E-state index contributed by atoms with van der Waals surface area (Å²) in [6.07, 6.45) is 0. The van der Waals surface area contributed by atoms with E-state index in [0.29, 0.717) is 23.1 Å². The number of anilines is 1. The largest absolute Gasteiger partial charge is 0.497 e. The number of amides is 1. The molecule has 7 heteroatoms. The number of fused-ring (bicyclic) bond motifs is 1. The van der Waals surface area contributed by atoms with Gasteiger partial charge in [-0.05, 0) is 43.3 Å². The molecule has 0 aliphatic rings.